The molecule has 24 heavy (non-hydrogen) atoms. The number of rotatable bonds is 9. The maximum Gasteiger partial charge on any atom is 0.191 e. The Morgan fingerprint density at radius 1 is 1.29 bits per heavy atom. The van der Waals surface area contributed by atoms with Gasteiger partial charge in [-0.3, -0.25) is 4.99 Å². The second-order valence-corrected chi connectivity index (χ2v) is 5.78. The van der Waals surface area contributed by atoms with E-state index >= 15 is 0 Å². The molecule has 0 radical (unpaired) electrons. The molecule has 4 nitrogen and oxygen atoms in total. The van der Waals surface area contributed by atoms with Crippen LogP contribution < -0.4 is 10.6 Å². The summed E-state index contributed by atoms with van der Waals surface area (Å²) in [7, 11) is 0. The number of nitrogens with zero attached hydrogens (tertiary/aromatic N) is 1. The average molecular weight is 449 g/mol. The summed E-state index contributed by atoms with van der Waals surface area (Å²) < 4.78 is 19.1. The molecule has 2 rings (SSSR count). The van der Waals surface area contributed by atoms with Crippen molar-refractivity contribution in [3.63, 3.8) is 0 Å². The van der Waals surface area contributed by atoms with Crippen molar-refractivity contribution in [3.8, 4) is 0 Å². The van der Waals surface area contributed by atoms with E-state index in [0.717, 1.165) is 57.1 Å². The minimum absolute atomic E-state index is 0. The van der Waals surface area contributed by atoms with Crippen molar-refractivity contribution in [2.75, 3.05) is 26.3 Å². The summed E-state index contributed by atoms with van der Waals surface area (Å²) in [5.41, 5.74) is 0.803. The fourth-order valence-corrected chi connectivity index (χ4v) is 2.62. The second kappa shape index (κ2) is 11.6. The third-order valence-electron chi connectivity index (χ3n) is 3.93. The number of benzene rings is 1. The monoisotopic (exact) mass is 449 g/mol. The van der Waals surface area contributed by atoms with Gasteiger partial charge < -0.3 is 15.4 Å². The molecule has 0 bridgehead atoms. The van der Waals surface area contributed by atoms with Gasteiger partial charge in [-0.05, 0) is 44.7 Å². The summed E-state index contributed by atoms with van der Waals surface area (Å²) in [5, 5.41) is 6.67. The molecule has 0 aliphatic heterocycles. The molecule has 0 aromatic heterocycles. The predicted octanol–water partition coefficient (Wildman–Crippen LogP) is 3.67. The van der Waals surface area contributed by atoms with Gasteiger partial charge in [0.15, 0.2) is 5.96 Å². The number of aliphatic imine (C=N–C) groups is 1. The average Bonchev–Trinajstić information content (AvgIpc) is 3.30. The summed E-state index contributed by atoms with van der Waals surface area (Å²) >= 11 is 0. The number of ether oxygens (including phenoxy) is 1. The zero-order valence-electron chi connectivity index (χ0n) is 14.6. The highest BCUT2D eigenvalue weighted by Crippen LogP contribution is 2.41. The first-order valence-corrected chi connectivity index (χ1v) is 8.63. The highest BCUT2D eigenvalue weighted by atomic mass is 127. The Labute approximate surface area is 161 Å². The summed E-state index contributed by atoms with van der Waals surface area (Å²) in [4.78, 5) is 4.59. The van der Waals surface area contributed by atoms with Crippen molar-refractivity contribution in [1.29, 1.82) is 0 Å². The van der Waals surface area contributed by atoms with E-state index in [9.17, 15) is 4.39 Å². The van der Waals surface area contributed by atoms with Crippen molar-refractivity contribution in [2.24, 2.45) is 4.99 Å². The van der Waals surface area contributed by atoms with E-state index in [-0.39, 0.29) is 41.8 Å². The topological polar surface area (TPSA) is 45.7 Å². The number of hydrogen-bond acceptors (Lipinski definition) is 2. The lowest BCUT2D eigenvalue weighted by Gasteiger charge is -2.11. The van der Waals surface area contributed by atoms with Crippen LogP contribution in [0.2, 0.25) is 0 Å². The Morgan fingerprint density at radius 3 is 2.79 bits per heavy atom. The fourth-order valence-electron chi connectivity index (χ4n) is 2.62. The standard InChI is InChI=1S/C18H28FN3O.HI/c1-3-20-18(21-11-7-8-12-23-4-2)22-17-13-15(17)14-9-5-6-10-16(14)19;/h5-6,9-10,15,17H,3-4,7-8,11-13H2,1-2H3,(H2,20,21,22);1H. The lowest BCUT2D eigenvalue weighted by Crippen LogP contribution is -2.39. The fraction of sp³-hybridized carbons (Fsp3) is 0.611. The first-order valence-electron chi connectivity index (χ1n) is 8.63. The van der Waals surface area contributed by atoms with Gasteiger partial charge in [-0.15, -0.1) is 24.0 Å². The molecule has 2 atom stereocenters. The Hall–Kier alpha value is -0.890. The maximum absolute atomic E-state index is 13.8. The molecule has 2 unspecified atom stereocenters. The highest BCUT2D eigenvalue weighted by molar-refractivity contribution is 14.0. The zero-order chi connectivity index (χ0) is 16.5. The van der Waals surface area contributed by atoms with Gasteiger partial charge in [0, 0.05) is 38.3 Å². The molecule has 0 spiro atoms. The van der Waals surface area contributed by atoms with Gasteiger partial charge in [0.25, 0.3) is 0 Å². The van der Waals surface area contributed by atoms with E-state index in [0.29, 0.717) is 0 Å². The van der Waals surface area contributed by atoms with Gasteiger partial charge in [0.1, 0.15) is 5.82 Å². The van der Waals surface area contributed by atoms with Crippen molar-refractivity contribution in [1.82, 2.24) is 10.6 Å². The van der Waals surface area contributed by atoms with E-state index < -0.39 is 0 Å². The van der Waals surface area contributed by atoms with Crippen molar-refractivity contribution in [3.05, 3.63) is 35.6 Å². The molecule has 1 saturated carbocycles. The molecule has 0 amide bonds. The van der Waals surface area contributed by atoms with Crippen molar-refractivity contribution in [2.45, 2.75) is 45.1 Å². The maximum atomic E-state index is 13.8. The molecule has 1 aromatic carbocycles. The van der Waals surface area contributed by atoms with Crippen LogP contribution in [0, 0.1) is 5.82 Å². The smallest absolute Gasteiger partial charge is 0.191 e. The minimum Gasteiger partial charge on any atom is -0.382 e. The summed E-state index contributed by atoms with van der Waals surface area (Å²) in [5.74, 6) is 0.963. The van der Waals surface area contributed by atoms with E-state index in [1.165, 1.54) is 6.07 Å². The van der Waals surface area contributed by atoms with Crippen LogP contribution in [0.3, 0.4) is 0 Å². The first-order chi connectivity index (χ1) is 11.3. The van der Waals surface area contributed by atoms with E-state index in [2.05, 4.69) is 15.6 Å². The molecule has 6 heteroatoms. The van der Waals surface area contributed by atoms with Crippen LogP contribution in [0.15, 0.2) is 29.3 Å². The van der Waals surface area contributed by atoms with Gasteiger partial charge in [0.2, 0.25) is 0 Å². The first kappa shape index (κ1) is 21.2. The molecule has 0 heterocycles. The van der Waals surface area contributed by atoms with E-state index in [1.54, 1.807) is 6.07 Å². The Balaban J connectivity index is 0.00000288. The predicted molar refractivity (Wildman–Crippen MR) is 108 cm³/mol. The van der Waals surface area contributed by atoms with Gasteiger partial charge >= 0.3 is 0 Å². The van der Waals surface area contributed by atoms with Gasteiger partial charge in [-0.25, -0.2) is 4.39 Å². The van der Waals surface area contributed by atoms with Crippen LogP contribution in [0.1, 0.15) is 44.6 Å². The van der Waals surface area contributed by atoms with Crippen LogP contribution in [-0.2, 0) is 4.74 Å². The molecule has 136 valence electrons. The third-order valence-corrected chi connectivity index (χ3v) is 3.93. The lowest BCUT2D eigenvalue weighted by atomic mass is 10.1. The Kier molecular flexibility index (Phi) is 10.2. The van der Waals surface area contributed by atoms with Gasteiger partial charge in [0.05, 0.1) is 0 Å². The number of unbranched alkanes of at least 4 members (excludes halogenated alkanes) is 1. The summed E-state index contributed by atoms with van der Waals surface area (Å²) in [6.45, 7) is 7.22. The minimum atomic E-state index is -0.111. The quantitative estimate of drug-likeness (QED) is 0.262. The molecule has 1 fully saturated rings. The summed E-state index contributed by atoms with van der Waals surface area (Å²) in [6.07, 6.45) is 2.99. The molecule has 1 aliphatic rings. The van der Waals surface area contributed by atoms with Crippen LogP contribution >= 0.6 is 24.0 Å². The highest BCUT2D eigenvalue weighted by Gasteiger charge is 2.40. The largest absolute Gasteiger partial charge is 0.382 e. The van der Waals surface area contributed by atoms with Gasteiger partial charge in [-0.1, -0.05) is 18.2 Å². The van der Waals surface area contributed by atoms with E-state index in [1.807, 2.05) is 26.0 Å². The SMILES string of the molecule is CCNC(=NCCCCOCC)NC1CC1c1ccccc1F.I. The number of hydrogen-bond donors (Lipinski definition) is 2. The number of guanidine groups is 1. The van der Waals surface area contributed by atoms with E-state index in [4.69, 9.17) is 4.74 Å². The van der Waals surface area contributed by atoms with Crippen LogP contribution in [0.5, 0.6) is 0 Å². The molecular formula is C18H29FIN3O. The normalized spacial score (nSPS) is 19.5. The summed E-state index contributed by atoms with van der Waals surface area (Å²) in [6, 6.07) is 7.30. The number of halogens is 2. The van der Waals surface area contributed by atoms with Crippen LogP contribution in [0.25, 0.3) is 0 Å². The third kappa shape index (κ3) is 6.93. The molecular weight excluding hydrogens is 420 g/mol. The number of nitrogens with one attached hydrogen (secondary N) is 2. The Morgan fingerprint density at radius 2 is 2.08 bits per heavy atom. The molecule has 2 N–H and O–H groups in total. The molecule has 1 aliphatic carbocycles. The second-order valence-electron chi connectivity index (χ2n) is 5.78. The lowest BCUT2D eigenvalue weighted by molar-refractivity contribution is 0.144. The molecule has 0 saturated heterocycles. The Bertz CT molecular complexity index is 513. The van der Waals surface area contributed by atoms with Crippen LogP contribution in [-0.4, -0.2) is 38.3 Å². The zero-order valence-corrected chi connectivity index (χ0v) is 16.9. The van der Waals surface area contributed by atoms with Crippen LogP contribution in [0.4, 0.5) is 4.39 Å². The van der Waals surface area contributed by atoms with Gasteiger partial charge in [-0.2, -0.15) is 0 Å². The van der Waals surface area contributed by atoms with Crippen molar-refractivity contribution >= 4 is 29.9 Å². The van der Waals surface area contributed by atoms with Crippen molar-refractivity contribution < 1.29 is 9.13 Å². The molecule has 1 aromatic rings.